The minimum Gasteiger partial charge on any atom is -0.368 e. The smallest absolute Gasteiger partial charge is 0.368 e. The van der Waals surface area contributed by atoms with Gasteiger partial charge in [0, 0.05) is 19.3 Å². The minimum atomic E-state index is -4.46. The van der Waals surface area contributed by atoms with Crippen molar-refractivity contribution in [1.82, 2.24) is 10.3 Å². The Morgan fingerprint density at radius 2 is 2.08 bits per heavy atom. The van der Waals surface area contributed by atoms with Gasteiger partial charge in [0.05, 0.1) is 10.4 Å². The molecule has 2 aromatic rings. The molecule has 3 rings (SSSR count). The van der Waals surface area contributed by atoms with Crippen LogP contribution in [0.1, 0.15) is 39.6 Å². The molecule has 24 heavy (non-hydrogen) atoms. The Kier molecular flexibility index (Phi) is 4.75. The van der Waals surface area contributed by atoms with Crippen molar-refractivity contribution in [2.45, 2.75) is 24.9 Å². The molecule has 1 saturated carbocycles. The van der Waals surface area contributed by atoms with E-state index in [0.29, 0.717) is 10.8 Å². The van der Waals surface area contributed by atoms with Crippen LogP contribution in [0.5, 0.6) is 0 Å². The molecule has 8 heteroatoms. The van der Waals surface area contributed by atoms with Crippen LogP contribution in [0, 0.1) is 0 Å². The van der Waals surface area contributed by atoms with Crippen molar-refractivity contribution in [1.29, 1.82) is 0 Å². The number of carbonyl (C=O) groups is 1. The molecule has 0 radical (unpaired) electrons. The van der Waals surface area contributed by atoms with Crippen molar-refractivity contribution in [2.24, 2.45) is 0 Å². The molecule has 128 valence electrons. The van der Waals surface area contributed by atoms with Crippen LogP contribution in [0.3, 0.4) is 0 Å². The number of halogens is 3. The number of carbonyl (C=O) groups excluding carboxylic acids is 1. The van der Waals surface area contributed by atoms with Crippen LogP contribution in [0.15, 0.2) is 29.8 Å². The molecule has 0 aromatic carbocycles. The summed E-state index contributed by atoms with van der Waals surface area (Å²) in [4.78, 5) is 16.6. The van der Waals surface area contributed by atoms with Gasteiger partial charge in [0.15, 0.2) is 0 Å². The van der Waals surface area contributed by atoms with Crippen LogP contribution in [0.4, 0.5) is 19.0 Å². The largest absolute Gasteiger partial charge is 0.419 e. The van der Waals surface area contributed by atoms with E-state index >= 15 is 0 Å². The Balaban J connectivity index is 1.52. The first-order valence-electron chi connectivity index (χ1n) is 7.58. The zero-order chi connectivity index (χ0) is 17.2. The first-order chi connectivity index (χ1) is 11.5. The van der Waals surface area contributed by atoms with Gasteiger partial charge in [-0.1, -0.05) is 0 Å². The van der Waals surface area contributed by atoms with E-state index in [1.807, 2.05) is 11.4 Å². The first kappa shape index (κ1) is 16.8. The van der Waals surface area contributed by atoms with Crippen molar-refractivity contribution in [3.63, 3.8) is 0 Å². The van der Waals surface area contributed by atoms with Gasteiger partial charge in [0.25, 0.3) is 5.91 Å². The molecule has 0 bridgehead atoms. The molecular weight excluding hydrogens is 339 g/mol. The molecule has 0 spiro atoms. The second-order valence-electron chi connectivity index (χ2n) is 5.56. The molecule has 1 aliphatic carbocycles. The molecule has 2 aromatic heterocycles. The van der Waals surface area contributed by atoms with E-state index in [9.17, 15) is 18.0 Å². The Labute approximate surface area is 141 Å². The van der Waals surface area contributed by atoms with Crippen molar-refractivity contribution in [2.75, 3.05) is 18.4 Å². The Bertz CT molecular complexity index is 725. The highest BCUT2D eigenvalue weighted by Crippen LogP contribution is 2.43. The molecule has 0 aliphatic heterocycles. The average molecular weight is 355 g/mol. The quantitative estimate of drug-likeness (QED) is 0.773. The summed E-state index contributed by atoms with van der Waals surface area (Å²) >= 11 is 1.39. The fraction of sp³-hybridized carbons (Fsp3) is 0.375. The monoisotopic (exact) mass is 355 g/mol. The number of nitrogens with one attached hydrogen (secondary N) is 2. The van der Waals surface area contributed by atoms with Gasteiger partial charge >= 0.3 is 6.18 Å². The molecule has 2 heterocycles. The van der Waals surface area contributed by atoms with E-state index < -0.39 is 11.7 Å². The summed E-state index contributed by atoms with van der Waals surface area (Å²) in [6, 6.07) is 4.19. The van der Waals surface area contributed by atoms with Crippen molar-refractivity contribution in [3.05, 3.63) is 45.8 Å². The van der Waals surface area contributed by atoms with Crippen molar-refractivity contribution in [3.8, 4) is 0 Å². The zero-order valence-corrected chi connectivity index (χ0v) is 13.5. The SMILES string of the molecule is O=C(NCCNc1ncccc1C(F)(F)F)c1sccc1C1CC1. The van der Waals surface area contributed by atoms with Crippen molar-refractivity contribution >= 4 is 23.1 Å². The number of alkyl halides is 3. The summed E-state index contributed by atoms with van der Waals surface area (Å²) in [6.07, 6.45) is -0.948. The lowest BCUT2D eigenvalue weighted by Gasteiger charge is -2.13. The van der Waals surface area contributed by atoms with Gasteiger partial charge in [-0.25, -0.2) is 4.98 Å². The molecule has 1 fully saturated rings. The third-order valence-corrected chi connectivity index (χ3v) is 4.66. The minimum absolute atomic E-state index is 0.163. The third-order valence-electron chi connectivity index (χ3n) is 3.74. The van der Waals surface area contributed by atoms with Crippen LogP contribution in [0.25, 0.3) is 0 Å². The van der Waals surface area contributed by atoms with Crippen LogP contribution < -0.4 is 10.6 Å². The van der Waals surface area contributed by atoms with Crippen LogP contribution >= 0.6 is 11.3 Å². The van der Waals surface area contributed by atoms with E-state index in [2.05, 4.69) is 15.6 Å². The molecule has 1 amide bonds. The second kappa shape index (κ2) is 6.80. The summed E-state index contributed by atoms with van der Waals surface area (Å²) in [6.45, 7) is 0.380. The molecule has 0 atom stereocenters. The molecule has 4 nitrogen and oxygen atoms in total. The molecule has 1 aliphatic rings. The second-order valence-corrected chi connectivity index (χ2v) is 6.48. The lowest BCUT2D eigenvalue weighted by atomic mass is 10.1. The summed E-state index contributed by atoms with van der Waals surface area (Å²) < 4.78 is 38.5. The number of pyridine rings is 1. The number of anilines is 1. The number of thiophene rings is 1. The fourth-order valence-electron chi connectivity index (χ4n) is 2.43. The summed E-state index contributed by atoms with van der Waals surface area (Å²) in [5, 5.41) is 7.26. The predicted octanol–water partition coefficient (Wildman–Crippen LogP) is 3.88. The molecular formula is C16H16F3N3OS. The number of rotatable bonds is 6. The van der Waals surface area contributed by atoms with E-state index in [1.165, 1.54) is 23.6 Å². The average Bonchev–Trinajstić information content (AvgIpc) is 3.27. The molecule has 0 saturated heterocycles. The topological polar surface area (TPSA) is 54.0 Å². The number of nitrogens with zero attached hydrogens (tertiary/aromatic N) is 1. The Morgan fingerprint density at radius 1 is 1.29 bits per heavy atom. The van der Waals surface area contributed by atoms with Gasteiger partial charge in [-0.3, -0.25) is 4.79 Å². The van der Waals surface area contributed by atoms with E-state index in [1.54, 1.807) is 0 Å². The van der Waals surface area contributed by atoms with Crippen LogP contribution in [-0.2, 0) is 6.18 Å². The summed E-state index contributed by atoms with van der Waals surface area (Å²) in [5.74, 6) is 0.0813. The maximum absolute atomic E-state index is 12.8. The highest BCUT2D eigenvalue weighted by molar-refractivity contribution is 7.12. The number of aromatic nitrogens is 1. The summed E-state index contributed by atoms with van der Waals surface area (Å²) in [7, 11) is 0. The number of hydrogen-bond donors (Lipinski definition) is 2. The lowest BCUT2D eigenvalue weighted by Crippen LogP contribution is -2.29. The predicted molar refractivity (Wildman–Crippen MR) is 86.4 cm³/mol. The van der Waals surface area contributed by atoms with Crippen LogP contribution in [-0.4, -0.2) is 24.0 Å². The maximum atomic E-state index is 12.8. The van der Waals surface area contributed by atoms with Gasteiger partial charge in [-0.15, -0.1) is 11.3 Å². The lowest BCUT2D eigenvalue weighted by molar-refractivity contribution is -0.137. The van der Waals surface area contributed by atoms with Gasteiger partial charge in [-0.2, -0.15) is 13.2 Å². The van der Waals surface area contributed by atoms with Gasteiger partial charge in [0.2, 0.25) is 0 Å². The molecule has 0 unspecified atom stereocenters. The van der Waals surface area contributed by atoms with Gasteiger partial charge in [-0.05, 0) is 47.9 Å². The normalized spacial score (nSPS) is 14.5. The first-order valence-corrected chi connectivity index (χ1v) is 8.46. The van der Waals surface area contributed by atoms with Gasteiger partial charge in [0.1, 0.15) is 5.82 Å². The van der Waals surface area contributed by atoms with Crippen molar-refractivity contribution < 1.29 is 18.0 Å². The maximum Gasteiger partial charge on any atom is 0.419 e. The van der Waals surface area contributed by atoms with E-state index in [0.717, 1.165) is 24.5 Å². The zero-order valence-electron chi connectivity index (χ0n) is 12.7. The van der Waals surface area contributed by atoms with Crippen LogP contribution in [0.2, 0.25) is 0 Å². The fourth-order valence-corrected chi connectivity index (χ4v) is 3.33. The highest BCUT2D eigenvalue weighted by Gasteiger charge is 2.34. The van der Waals surface area contributed by atoms with E-state index in [4.69, 9.17) is 0 Å². The third kappa shape index (κ3) is 3.87. The number of hydrogen-bond acceptors (Lipinski definition) is 4. The number of amides is 1. The Hall–Kier alpha value is -2.09. The highest BCUT2D eigenvalue weighted by atomic mass is 32.1. The van der Waals surface area contributed by atoms with E-state index in [-0.39, 0.29) is 24.8 Å². The standard InChI is InChI=1S/C16H16F3N3OS/c17-16(18,19)12-2-1-6-20-14(12)21-7-8-22-15(23)13-11(5-9-24-13)10-3-4-10/h1-2,5-6,9-10H,3-4,7-8H2,(H,20,21)(H,22,23). The Morgan fingerprint density at radius 3 is 2.79 bits per heavy atom. The van der Waals surface area contributed by atoms with Gasteiger partial charge < -0.3 is 10.6 Å². The summed E-state index contributed by atoms with van der Waals surface area (Å²) in [5.41, 5.74) is 0.264. The molecule has 2 N–H and O–H groups in total.